The molecule has 0 heterocycles. The van der Waals surface area contributed by atoms with Gasteiger partial charge < -0.3 is 15.0 Å². The van der Waals surface area contributed by atoms with Gasteiger partial charge in [-0.1, -0.05) is 18.2 Å². The smallest absolute Gasteiger partial charge is 0.258 e. The van der Waals surface area contributed by atoms with Crippen LogP contribution in [-0.2, 0) is 0 Å². The molecule has 3 aromatic rings. The highest BCUT2D eigenvalue weighted by molar-refractivity contribution is 6.06. The molecule has 0 saturated heterocycles. The average molecular weight is 406 g/mol. The van der Waals surface area contributed by atoms with Crippen LogP contribution < -0.4 is 15.0 Å². The first-order valence-electron chi connectivity index (χ1n) is 9.63. The van der Waals surface area contributed by atoms with Crippen LogP contribution in [0.4, 0.5) is 10.1 Å². The lowest BCUT2D eigenvalue weighted by Crippen LogP contribution is -2.34. The van der Waals surface area contributed by atoms with Gasteiger partial charge in [0.15, 0.2) is 0 Å². The maximum Gasteiger partial charge on any atom is 0.258 e. The van der Waals surface area contributed by atoms with E-state index in [9.17, 15) is 14.0 Å². The largest absolute Gasteiger partial charge is 0.497 e. The maximum absolute atomic E-state index is 13.1. The molecule has 5 nitrogen and oxygen atoms in total. The molecule has 1 N–H and O–H groups in total. The summed E-state index contributed by atoms with van der Waals surface area (Å²) >= 11 is 0. The van der Waals surface area contributed by atoms with Gasteiger partial charge in [-0.15, -0.1) is 0 Å². The summed E-state index contributed by atoms with van der Waals surface area (Å²) in [6.45, 7) is 0.814. The normalized spacial score (nSPS) is 10.3. The van der Waals surface area contributed by atoms with E-state index in [-0.39, 0.29) is 17.6 Å². The number of para-hydroxylation sites is 1. The minimum Gasteiger partial charge on any atom is -0.497 e. The van der Waals surface area contributed by atoms with E-state index < -0.39 is 0 Å². The molecule has 0 bridgehead atoms. The number of benzene rings is 3. The van der Waals surface area contributed by atoms with Gasteiger partial charge in [-0.2, -0.15) is 0 Å². The number of carbonyl (C=O) groups is 2. The van der Waals surface area contributed by atoms with Crippen molar-refractivity contribution in [3.8, 4) is 5.75 Å². The standard InChI is InChI=1S/C24H23FN2O3/c1-30-22-14-10-19(11-15-22)24(29)27(21-6-3-2-4-7-21)17-5-16-26-23(28)18-8-12-20(25)13-9-18/h2-4,6-15H,5,16-17H2,1H3,(H,26,28). The van der Waals surface area contributed by atoms with E-state index in [1.54, 1.807) is 36.3 Å². The number of hydrogen-bond donors (Lipinski definition) is 1. The van der Waals surface area contributed by atoms with E-state index in [2.05, 4.69) is 5.32 Å². The third kappa shape index (κ3) is 5.44. The molecular formula is C24H23FN2O3. The van der Waals surface area contributed by atoms with Crippen molar-refractivity contribution in [3.63, 3.8) is 0 Å². The Bertz CT molecular complexity index is 974. The number of nitrogens with one attached hydrogen (secondary N) is 1. The van der Waals surface area contributed by atoms with E-state index in [4.69, 9.17) is 4.74 Å². The fraction of sp³-hybridized carbons (Fsp3) is 0.167. The van der Waals surface area contributed by atoms with Crippen molar-refractivity contribution in [3.05, 3.63) is 95.8 Å². The summed E-state index contributed by atoms with van der Waals surface area (Å²) in [5.74, 6) is -0.111. The van der Waals surface area contributed by atoms with Crippen LogP contribution in [0, 0.1) is 5.82 Å². The Morgan fingerprint density at radius 1 is 0.900 bits per heavy atom. The second kappa shape index (κ2) is 10.2. The molecule has 0 saturated carbocycles. The Labute approximate surface area is 175 Å². The summed E-state index contributed by atoms with van der Waals surface area (Å²) in [6.07, 6.45) is 0.559. The van der Waals surface area contributed by atoms with E-state index in [1.807, 2.05) is 30.3 Å². The number of nitrogens with zero attached hydrogens (tertiary/aromatic N) is 1. The lowest BCUT2D eigenvalue weighted by atomic mass is 10.1. The van der Waals surface area contributed by atoms with Gasteiger partial charge in [-0.3, -0.25) is 9.59 Å². The maximum atomic E-state index is 13.1. The molecular weight excluding hydrogens is 383 g/mol. The molecule has 30 heavy (non-hydrogen) atoms. The molecule has 3 rings (SSSR count). The minimum absolute atomic E-state index is 0.131. The second-order valence-corrected chi connectivity index (χ2v) is 6.64. The minimum atomic E-state index is -0.387. The molecule has 0 aliphatic rings. The fourth-order valence-electron chi connectivity index (χ4n) is 2.99. The topological polar surface area (TPSA) is 58.6 Å². The third-order valence-corrected chi connectivity index (χ3v) is 4.60. The Morgan fingerprint density at radius 3 is 2.17 bits per heavy atom. The van der Waals surface area contributed by atoms with Gasteiger partial charge in [0.2, 0.25) is 0 Å². The van der Waals surface area contributed by atoms with Crippen LogP contribution in [0.15, 0.2) is 78.9 Å². The lowest BCUT2D eigenvalue weighted by Gasteiger charge is -2.23. The van der Waals surface area contributed by atoms with Crippen LogP contribution in [0.2, 0.25) is 0 Å². The number of hydrogen-bond acceptors (Lipinski definition) is 3. The van der Waals surface area contributed by atoms with Crippen LogP contribution in [0.5, 0.6) is 5.75 Å². The van der Waals surface area contributed by atoms with Gasteiger partial charge in [0.25, 0.3) is 11.8 Å². The van der Waals surface area contributed by atoms with Crippen molar-refractivity contribution in [2.75, 3.05) is 25.1 Å². The molecule has 0 fully saturated rings. The summed E-state index contributed by atoms with van der Waals surface area (Å²) in [5.41, 5.74) is 1.73. The van der Waals surface area contributed by atoms with E-state index in [0.717, 1.165) is 5.69 Å². The van der Waals surface area contributed by atoms with Crippen LogP contribution in [0.3, 0.4) is 0 Å². The Kier molecular flexibility index (Phi) is 7.16. The van der Waals surface area contributed by atoms with Crippen molar-refractivity contribution >= 4 is 17.5 Å². The zero-order chi connectivity index (χ0) is 21.3. The second-order valence-electron chi connectivity index (χ2n) is 6.64. The first-order valence-corrected chi connectivity index (χ1v) is 9.63. The molecule has 6 heteroatoms. The SMILES string of the molecule is COc1ccc(C(=O)N(CCCNC(=O)c2ccc(F)cc2)c2ccccc2)cc1. The molecule has 0 spiro atoms. The van der Waals surface area contributed by atoms with Gasteiger partial charge in [0.05, 0.1) is 7.11 Å². The molecule has 0 aromatic heterocycles. The Morgan fingerprint density at radius 2 is 1.53 bits per heavy atom. The number of halogens is 1. The lowest BCUT2D eigenvalue weighted by molar-refractivity contribution is 0.0953. The molecule has 154 valence electrons. The number of amides is 2. The third-order valence-electron chi connectivity index (χ3n) is 4.60. The summed E-state index contributed by atoms with van der Waals surface area (Å²) < 4.78 is 18.1. The van der Waals surface area contributed by atoms with Crippen molar-refractivity contribution < 1.29 is 18.7 Å². The molecule has 0 aliphatic heterocycles. The number of carbonyl (C=O) groups excluding carboxylic acids is 2. The zero-order valence-corrected chi connectivity index (χ0v) is 16.7. The zero-order valence-electron chi connectivity index (χ0n) is 16.7. The van der Waals surface area contributed by atoms with E-state index in [0.29, 0.717) is 36.4 Å². The Balaban J connectivity index is 1.63. The fourth-order valence-corrected chi connectivity index (χ4v) is 2.99. The van der Waals surface area contributed by atoms with Crippen LogP contribution in [-0.4, -0.2) is 32.0 Å². The van der Waals surface area contributed by atoms with Gasteiger partial charge in [-0.05, 0) is 67.1 Å². The number of ether oxygens (including phenoxy) is 1. The van der Waals surface area contributed by atoms with Crippen LogP contribution in [0.25, 0.3) is 0 Å². The van der Waals surface area contributed by atoms with Crippen molar-refractivity contribution in [2.45, 2.75) is 6.42 Å². The number of methoxy groups -OCH3 is 1. The summed E-state index contributed by atoms with van der Waals surface area (Å²) in [7, 11) is 1.58. The van der Waals surface area contributed by atoms with E-state index in [1.165, 1.54) is 24.3 Å². The van der Waals surface area contributed by atoms with Gasteiger partial charge >= 0.3 is 0 Å². The Hall–Kier alpha value is -3.67. The molecule has 0 aliphatic carbocycles. The number of anilines is 1. The highest BCUT2D eigenvalue weighted by Gasteiger charge is 2.17. The highest BCUT2D eigenvalue weighted by atomic mass is 19.1. The summed E-state index contributed by atoms with van der Waals surface area (Å²) in [4.78, 5) is 26.9. The molecule has 2 amide bonds. The van der Waals surface area contributed by atoms with E-state index >= 15 is 0 Å². The average Bonchev–Trinajstić information content (AvgIpc) is 2.79. The first kappa shape index (κ1) is 21.0. The van der Waals surface area contributed by atoms with Crippen LogP contribution >= 0.6 is 0 Å². The summed E-state index contributed by atoms with van der Waals surface area (Å²) in [6, 6.07) is 21.7. The van der Waals surface area contributed by atoms with Crippen molar-refractivity contribution in [2.24, 2.45) is 0 Å². The quantitative estimate of drug-likeness (QED) is 0.568. The number of rotatable bonds is 8. The van der Waals surface area contributed by atoms with Crippen molar-refractivity contribution in [1.82, 2.24) is 5.32 Å². The molecule has 0 radical (unpaired) electrons. The van der Waals surface area contributed by atoms with Gasteiger partial charge in [0.1, 0.15) is 11.6 Å². The molecule has 0 atom stereocenters. The predicted molar refractivity (Wildman–Crippen MR) is 114 cm³/mol. The van der Waals surface area contributed by atoms with Crippen molar-refractivity contribution in [1.29, 1.82) is 0 Å². The summed E-state index contributed by atoms with van der Waals surface area (Å²) in [5, 5.41) is 2.80. The molecule has 3 aromatic carbocycles. The van der Waals surface area contributed by atoms with Crippen LogP contribution in [0.1, 0.15) is 27.1 Å². The van der Waals surface area contributed by atoms with Gasteiger partial charge in [0, 0.05) is 29.9 Å². The highest BCUT2D eigenvalue weighted by Crippen LogP contribution is 2.19. The first-order chi connectivity index (χ1) is 14.6. The molecule has 0 unspecified atom stereocenters. The predicted octanol–water partition coefficient (Wildman–Crippen LogP) is 4.30. The monoisotopic (exact) mass is 406 g/mol. The van der Waals surface area contributed by atoms with Gasteiger partial charge in [-0.25, -0.2) is 4.39 Å².